The number of sulfonamides is 1. The highest BCUT2D eigenvalue weighted by Gasteiger charge is 2.11. The van der Waals surface area contributed by atoms with E-state index in [1.54, 1.807) is 54.6 Å². The van der Waals surface area contributed by atoms with Crippen molar-refractivity contribution in [1.82, 2.24) is 5.32 Å². The van der Waals surface area contributed by atoms with Crippen molar-refractivity contribution in [2.45, 2.75) is 6.42 Å². The third kappa shape index (κ3) is 6.30. The Morgan fingerprint density at radius 3 is 2.48 bits per heavy atom. The minimum Gasteiger partial charge on any atom is -0.355 e. The first-order valence-corrected chi connectivity index (χ1v) is 9.04. The predicted molar refractivity (Wildman–Crippen MR) is 92.0 cm³/mol. The number of carbonyl (C=O) groups is 1. The van der Waals surface area contributed by atoms with Crippen molar-refractivity contribution in [2.24, 2.45) is 0 Å². The molecule has 5 nitrogen and oxygen atoms in total. The van der Waals surface area contributed by atoms with Crippen LogP contribution < -0.4 is 10.0 Å². The van der Waals surface area contributed by atoms with Gasteiger partial charge in [-0.05, 0) is 29.8 Å². The van der Waals surface area contributed by atoms with E-state index in [2.05, 4.69) is 10.0 Å². The predicted octanol–water partition coefficient (Wildman–Crippen LogP) is 2.44. The number of benzene rings is 2. The largest absolute Gasteiger partial charge is 0.355 e. The molecular weight excluding hydrogens is 336 g/mol. The minimum absolute atomic E-state index is 0.0432. The Morgan fingerprint density at radius 2 is 1.78 bits per heavy atom. The smallest absolute Gasteiger partial charge is 0.234 e. The van der Waals surface area contributed by atoms with E-state index in [0.29, 0.717) is 10.7 Å². The number of anilines is 1. The lowest BCUT2D eigenvalue weighted by Gasteiger charge is -2.09. The first-order valence-electron chi connectivity index (χ1n) is 7.01. The number of rotatable bonds is 7. The molecule has 0 radical (unpaired) electrons. The van der Waals surface area contributed by atoms with Crippen molar-refractivity contribution < 1.29 is 13.2 Å². The summed E-state index contributed by atoms with van der Waals surface area (Å²) in [6, 6.07) is 15.6. The molecule has 1 amide bonds. The normalized spacial score (nSPS) is 11.0. The molecule has 0 saturated carbocycles. The average Bonchev–Trinajstić information content (AvgIpc) is 2.47. The molecule has 23 heavy (non-hydrogen) atoms. The lowest BCUT2D eigenvalue weighted by molar-refractivity contribution is -0.120. The zero-order valence-electron chi connectivity index (χ0n) is 12.3. The Bertz CT molecular complexity index is 764. The Balaban J connectivity index is 1.78. The summed E-state index contributed by atoms with van der Waals surface area (Å²) in [5, 5.41) is 3.15. The molecule has 0 spiro atoms. The van der Waals surface area contributed by atoms with Gasteiger partial charge >= 0.3 is 0 Å². The second-order valence-corrected chi connectivity index (χ2v) is 7.22. The lowest BCUT2D eigenvalue weighted by Crippen LogP contribution is -2.32. The molecule has 2 aromatic carbocycles. The Kier molecular flexibility index (Phi) is 6.01. The third-order valence-electron chi connectivity index (χ3n) is 2.99. The van der Waals surface area contributed by atoms with Crippen LogP contribution >= 0.6 is 11.6 Å². The number of amides is 1. The number of hydrogen-bond donors (Lipinski definition) is 2. The number of halogens is 1. The van der Waals surface area contributed by atoms with Crippen molar-refractivity contribution in [3.05, 3.63) is 65.2 Å². The van der Waals surface area contributed by atoms with Crippen LogP contribution in [0.3, 0.4) is 0 Å². The van der Waals surface area contributed by atoms with E-state index in [0.717, 1.165) is 5.56 Å². The minimum atomic E-state index is -3.50. The van der Waals surface area contributed by atoms with Crippen LogP contribution in [-0.2, 0) is 21.2 Å². The van der Waals surface area contributed by atoms with Crippen molar-refractivity contribution in [3.63, 3.8) is 0 Å². The zero-order valence-corrected chi connectivity index (χ0v) is 13.9. The Hall–Kier alpha value is -2.05. The van der Waals surface area contributed by atoms with Gasteiger partial charge in [0.2, 0.25) is 15.9 Å². The third-order valence-corrected chi connectivity index (χ3v) is 4.52. The van der Waals surface area contributed by atoms with Gasteiger partial charge in [-0.15, -0.1) is 0 Å². The van der Waals surface area contributed by atoms with Gasteiger partial charge in [-0.1, -0.05) is 41.9 Å². The summed E-state index contributed by atoms with van der Waals surface area (Å²) in [6.07, 6.45) is 0.159. The monoisotopic (exact) mass is 352 g/mol. The molecule has 122 valence electrons. The second-order valence-electron chi connectivity index (χ2n) is 4.94. The number of carbonyl (C=O) groups excluding carboxylic acids is 1. The molecule has 0 saturated heterocycles. The first-order chi connectivity index (χ1) is 10.9. The Morgan fingerprint density at radius 1 is 1.04 bits per heavy atom. The van der Waals surface area contributed by atoms with E-state index in [1.165, 1.54) is 0 Å². The van der Waals surface area contributed by atoms with E-state index in [4.69, 9.17) is 11.6 Å². The van der Waals surface area contributed by atoms with Gasteiger partial charge in [0.15, 0.2) is 0 Å². The molecule has 7 heteroatoms. The fourth-order valence-electron chi connectivity index (χ4n) is 1.96. The molecule has 0 aromatic heterocycles. The van der Waals surface area contributed by atoms with Gasteiger partial charge in [0.1, 0.15) is 0 Å². The summed E-state index contributed by atoms with van der Waals surface area (Å²) >= 11 is 5.85. The number of hydrogen-bond acceptors (Lipinski definition) is 3. The quantitative estimate of drug-likeness (QED) is 0.803. The molecule has 2 N–H and O–H groups in total. The summed E-state index contributed by atoms with van der Waals surface area (Å²) in [4.78, 5) is 11.8. The van der Waals surface area contributed by atoms with Crippen LogP contribution in [0.2, 0.25) is 5.02 Å². The molecular formula is C16H17ClN2O3S. The molecule has 2 rings (SSSR count). The highest BCUT2D eigenvalue weighted by molar-refractivity contribution is 7.92. The average molecular weight is 353 g/mol. The molecule has 0 atom stereocenters. The summed E-state index contributed by atoms with van der Waals surface area (Å²) < 4.78 is 26.3. The SMILES string of the molecule is O=C(Cc1cccc(Cl)c1)NCCS(=O)(=O)Nc1ccccc1. The standard InChI is InChI=1S/C16H17ClN2O3S/c17-14-6-4-5-13(11-14)12-16(20)18-9-10-23(21,22)19-15-7-2-1-3-8-15/h1-8,11,19H,9-10,12H2,(H,18,20). The maximum absolute atomic E-state index is 11.9. The van der Waals surface area contributed by atoms with E-state index in [9.17, 15) is 13.2 Å². The maximum atomic E-state index is 11.9. The van der Waals surface area contributed by atoms with E-state index >= 15 is 0 Å². The van der Waals surface area contributed by atoms with Gasteiger partial charge in [-0.2, -0.15) is 0 Å². The molecule has 0 bridgehead atoms. The van der Waals surface area contributed by atoms with Crippen LogP contribution in [0.4, 0.5) is 5.69 Å². The van der Waals surface area contributed by atoms with Crippen LogP contribution in [0.5, 0.6) is 0 Å². The van der Waals surface area contributed by atoms with Crippen LogP contribution in [0.25, 0.3) is 0 Å². The van der Waals surface area contributed by atoms with Crippen LogP contribution in [-0.4, -0.2) is 26.6 Å². The summed E-state index contributed by atoms with van der Waals surface area (Å²) in [5.74, 6) is -0.439. The highest BCUT2D eigenvalue weighted by atomic mass is 35.5. The summed E-state index contributed by atoms with van der Waals surface area (Å²) in [7, 11) is -3.50. The molecule has 0 unspecified atom stereocenters. The topological polar surface area (TPSA) is 75.3 Å². The van der Waals surface area contributed by atoms with Crippen molar-refractivity contribution >= 4 is 33.2 Å². The molecule has 0 aliphatic heterocycles. The molecule has 0 aliphatic carbocycles. The van der Waals surface area contributed by atoms with Gasteiger partial charge in [-0.25, -0.2) is 8.42 Å². The van der Waals surface area contributed by atoms with E-state index < -0.39 is 10.0 Å². The van der Waals surface area contributed by atoms with Crippen LogP contribution in [0, 0.1) is 0 Å². The fourth-order valence-corrected chi connectivity index (χ4v) is 3.14. The fraction of sp³-hybridized carbons (Fsp3) is 0.188. The number of para-hydroxylation sites is 1. The number of nitrogens with one attached hydrogen (secondary N) is 2. The summed E-state index contributed by atoms with van der Waals surface area (Å²) in [5.41, 5.74) is 1.28. The van der Waals surface area contributed by atoms with Gasteiger partial charge in [-0.3, -0.25) is 9.52 Å². The lowest BCUT2D eigenvalue weighted by atomic mass is 10.1. The highest BCUT2D eigenvalue weighted by Crippen LogP contribution is 2.11. The van der Waals surface area contributed by atoms with E-state index in [1.807, 2.05) is 0 Å². The van der Waals surface area contributed by atoms with Crippen molar-refractivity contribution in [1.29, 1.82) is 0 Å². The molecule has 2 aromatic rings. The van der Waals surface area contributed by atoms with Crippen molar-refractivity contribution in [2.75, 3.05) is 17.0 Å². The maximum Gasteiger partial charge on any atom is 0.234 e. The summed E-state index contributed by atoms with van der Waals surface area (Å²) in [6.45, 7) is 0.0432. The second kappa shape index (κ2) is 7.99. The van der Waals surface area contributed by atoms with Gasteiger partial charge in [0.25, 0.3) is 0 Å². The molecule has 0 heterocycles. The van der Waals surface area contributed by atoms with Gasteiger partial charge in [0, 0.05) is 17.3 Å². The first kappa shape index (κ1) is 17.3. The van der Waals surface area contributed by atoms with E-state index in [-0.39, 0.29) is 24.6 Å². The van der Waals surface area contributed by atoms with Gasteiger partial charge in [0.05, 0.1) is 12.2 Å². The zero-order chi connectivity index (χ0) is 16.7. The van der Waals surface area contributed by atoms with Crippen molar-refractivity contribution in [3.8, 4) is 0 Å². The molecule has 0 aliphatic rings. The molecule has 0 fully saturated rings. The van der Waals surface area contributed by atoms with Gasteiger partial charge < -0.3 is 5.32 Å². The Labute approximate surface area is 140 Å². The van der Waals surface area contributed by atoms with Crippen LogP contribution in [0.15, 0.2) is 54.6 Å². The van der Waals surface area contributed by atoms with Crippen LogP contribution in [0.1, 0.15) is 5.56 Å².